The molecule has 0 saturated heterocycles. The Kier molecular flexibility index (Phi) is 17.3. The predicted octanol–water partition coefficient (Wildman–Crippen LogP) is 32.1. The van der Waals surface area contributed by atoms with Crippen LogP contribution in [0, 0.1) is 0 Å². The van der Waals surface area contributed by atoms with E-state index in [1.807, 2.05) is 0 Å². The van der Waals surface area contributed by atoms with Crippen LogP contribution < -0.4 is 26.2 Å². The first-order valence-electron chi connectivity index (χ1n) is 45.5. The van der Waals surface area contributed by atoms with E-state index in [9.17, 15) is 0 Å². The maximum Gasteiger partial charge on any atom is 0.252 e. The summed E-state index contributed by atoms with van der Waals surface area (Å²) in [6, 6.07) is 138. The second-order valence-corrected chi connectivity index (χ2v) is 41.2. The van der Waals surface area contributed by atoms with E-state index in [0.717, 1.165) is 89.2 Å². The lowest BCUT2D eigenvalue weighted by molar-refractivity contribution is 0.589. The van der Waals surface area contributed by atoms with Crippen molar-refractivity contribution in [3.8, 4) is 44.5 Å². The molecule has 0 atom stereocenters. The number of anilines is 6. The van der Waals surface area contributed by atoms with Crippen molar-refractivity contribution in [1.29, 1.82) is 0 Å². The monoisotopic (exact) mass is 1630 g/mol. The highest BCUT2D eigenvalue weighted by molar-refractivity contribution is 7.00. The van der Waals surface area contributed by atoms with Gasteiger partial charge in [0.25, 0.3) is 6.71 Å². The van der Waals surface area contributed by atoms with E-state index < -0.39 is 12.1 Å². The Labute approximate surface area is 745 Å². The molecule has 0 spiro atoms. The number of nitrogens with zero attached hydrogens (tertiary/aromatic N) is 4. The molecule has 6 heterocycles. The lowest BCUT2D eigenvalue weighted by Gasteiger charge is -2.47. The molecule has 2 aliphatic heterocycles. The predicted molar refractivity (Wildman–Crippen MR) is 550 cm³/mol. The van der Waals surface area contributed by atoms with Crippen molar-refractivity contribution in [2.75, 3.05) is 9.80 Å². The molecule has 0 N–H and O–H groups in total. The summed E-state index contributed by atoms with van der Waals surface area (Å²) < 4.78 is 5.35. The van der Waals surface area contributed by atoms with Gasteiger partial charge in [-0.25, -0.2) is 0 Å². The zero-order valence-electron chi connectivity index (χ0n) is 75.4. The highest BCUT2D eigenvalue weighted by atomic mass is 15.2. The molecule has 0 aliphatic carbocycles. The smallest absolute Gasteiger partial charge is 0.252 e. The van der Waals surface area contributed by atoms with Crippen LogP contribution >= 0.6 is 0 Å². The molecule has 0 unspecified atom stereocenters. The first-order chi connectivity index (χ1) is 61.2. The van der Waals surface area contributed by atoms with Gasteiger partial charge in [0.05, 0.1) is 44.5 Å². The minimum atomic E-state index is -0.433. The van der Waals surface area contributed by atoms with Crippen molar-refractivity contribution < 1.29 is 0 Å². The Morgan fingerprint density at radius 1 is 0.189 bits per heavy atom. The van der Waals surface area contributed by atoms with Crippen LogP contribution in [0.3, 0.4) is 0 Å². The van der Waals surface area contributed by atoms with Gasteiger partial charge < -0.3 is 18.6 Å². The number of benzene rings is 17. The van der Waals surface area contributed by atoms with E-state index in [0.29, 0.717) is 0 Å². The van der Waals surface area contributed by atoms with Gasteiger partial charge in [-0.05, 0) is 197 Å². The van der Waals surface area contributed by atoms with Crippen LogP contribution in [-0.4, -0.2) is 15.5 Å². The van der Waals surface area contributed by atoms with Gasteiger partial charge in [-0.1, -0.05) is 395 Å². The van der Waals surface area contributed by atoms with Gasteiger partial charge in [0.1, 0.15) is 0 Å². The first kappa shape index (κ1) is 77.8. The van der Waals surface area contributed by atoms with Gasteiger partial charge in [-0.3, -0.25) is 0 Å². The molecule has 0 saturated carbocycles. The first-order valence-corrected chi connectivity index (χ1v) is 45.5. The fourth-order valence-electron chi connectivity index (χ4n) is 21.6. The molecule has 614 valence electrons. The molecule has 5 heteroatoms. The molecule has 127 heavy (non-hydrogen) atoms. The maximum absolute atomic E-state index is 2.83. The molecule has 17 aromatic carbocycles. The Balaban J connectivity index is 1.02. The summed E-state index contributed by atoms with van der Waals surface area (Å²) in [7, 11) is 0. The molecule has 4 aromatic heterocycles. The number of fused-ring (bicyclic) bond motifs is 24. The lowest BCUT2D eigenvalue weighted by atomic mass is 9.33. The van der Waals surface area contributed by atoms with Crippen LogP contribution in [0.1, 0.15) is 132 Å². The van der Waals surface area contributed by atoms with Crippen LogP contribution in [0.2, 0.25) is 0 Å². The zero-order chi connectivity index (χ0) is 86.8. The molecule has 2 aliphatic rings. The zero-order valence-corrected chi connectivity index (χ0v) is 75.4. The topological polar surface area (TPSA) is 15.3 Å². The summed E-state index contributed by atoms with van der Waals surface area (Å²) in [4.78, 5) is 5.66. The number of hydrogen-bond acceptors (Lipinski definition) is 2. The number of rotatable bonds is 6. The number of para-hydroxylation sites is 4. The Morgan fingerprint density at radius 3 is 0.787 bits per heavy atom. The Hall–Kier alpha value is -14.0. The SMILES string of the molecule is CC(C)(C)c1cccc(-c2cc(C(C)(C)C)cc(-c3ccccc3)c2N2c3cc4c(cc3B3c5cc6c7ccccc7c7ccccc7c7cccc8c9ccccc9n(c6cc5N(c5c(-c6ccccc6)cc(C(C)(C)C)cc5-c5cccc(C(C)(C)C)c5)c5cc(C(C)(C)C)cc2c53)c78)c2ccccc2c2ccccc2c2cccc3c5ccccc5n4c23)c1. The summed E-state index contributed by atoms with van der Waals surface area (Å²) in [6.45, 7) is 35.4. The second kappa shape index (κ2) is 28.3. The van der Waals surface area contributed by atoms with Gasteiger partial charge >= 0.3 is 0 Å². The van der Waals surface area contributed by atoms with Crippen molar-refractivity contribution in [2.45, 2.75) is 131 Å². The molecular weight excluding hydrogens is 1530 g/mol. The van der Waals surface area contributed by atoms with Crippen molar-refractivity contribution >= 4 is 177 Å². The van der Waals surface area contributed by atoms with E-state index in [-0.39, 0.29) is 21.7 Å². The third kappa shape index (κ3) is 12.1. The standard InChI is InChI=1S/C122H103BN4/c1-118(2,3)78-44-34-42-76(62-78)99-66-80(120(7,8)9)64-97(74-38-18-16-19-39-74)116(99)126-109-72-107-101(89-52-28-24-48-85(89)83-46-22-26-50-87(83)93-56-36-58-95-91-54-30-32-60-105(91)124(107)114(93)95)70-103(109)123-104-71-102-90-53-29-25-49-86(90)84-47-23-27-51-88(84)94-57-37-59-96-92-55-31-33-61-106(92)125(115(94)96)108(102)73-110(104)127(112-69-82(122(13,14)15)68-111(126)113(112)123)117-98(75-40-20-17-21-41-75)65-81(121(10,11)12)67-100(117)77-43-35-45-79(63-77)119(4,5)6/h16-73H,1-15H3. The normalized spacial score (nSPS) is 13.3. The van der Waals surface area contributed by atoms with Crippen LogP contribution in [0.25, 0.3) is 164 Å². The van der Waals surface area contributed by atoms with Crippen molar-refractivity contribution in [1.82, 2.24) is 8.80 Å². The second-order valence-electron chi connectivity index (χ2n) is 41.2. The Morgan fingerprint density at radius 2 is 0.449 bits per heavy atom. The van der Waals surface area contributed by atoms with Crippen LogP contribution in [0.4, 0.5) is 34.1 Å². The molecule has 23 rings (SSSR count). The van der Waals surface area contributed by atoms with Crippen molar-refractivity contribution in [3.05, 3.63) is 380 Å². The summed E-state index contributed by atoms with van der Waals surface area (Å²) in [5, 5.41) is 19.0. The summed E-state index contributed by atoms with van der Waals surface area (Å²) >= 11 is 0. The molecule has 0 fully saturated rings. The lowest BCUT2D eigenvalue weighted by Crippen LogP contribution is -2.61. The van der Waals surface area contributed by atoms with E-state index in [1.165, 1.54) is 153 Å². The third-order valence-electron chi connectivity index (χ3n) is 28.1. The number of hydrogen-bond donors (Lipinski definition) is 0. The molecule has 4 nitrogen and oxygen atoms in total. The van der Waals surface area contributed by atoms with Crippen LogP contribution in [0.5, 0.6) is 0 Å². The third-order valence-corrected chi connectivity index (χ3v) is 28.1. The van der Waals surface area contributed by atoms with E-state index in [2.05, 4.69) is 474 Å². The summed E-state index contributed by atoms with van der Waals surface area (Å²) in [5.41, 5.74) is 31.5. The number of aromatic nitrogens is 2. The average Bonchev–Trinajstić information content (AvgIpc) is 1.50. The van der Waals surface area contributed by atoms with Crippen molar-refractivity contribution in [2.24, 2.45) is 0 Å². The minimum Gasteiger partial charge on any atom is -0.310 e. The summed E-state index contributed by atoms with van der Waals surface area (Å²) in [6.07, 6.45) is 0. The minimum absolute atomic E-state index is 0.172. The molecule has 0 radical (unpaired) electrons. The van der Waals surface area contributed by atoms with Gasteiger partial charge in [0, 0.05) is 88.1 Å². The average molecular weight is 1640 g/mol. The van der Waals surface area contributed by atoms with Gasteiger partial charge in [0.15, 0.2) is 0 Å². The van der Waals surface area contributed by atoms with E-state index >= 15 is 0 Å². The maximum atomic E-state index is 2.83. The molecule has 0 bridgehead atoms. The van der Waals surface area contributed by atoms with Gasteiger partial charge in [0.2, 0.25) is 0 Å². The van der Waals surface area contributed by atoms with E-state index in [1.54, 1.807) is 0 Å². The largest absolute Gasteiger partial charge is 0.310 e. The molecule has 0 amide bonds. The fraction of sp³-hybridized carbons (Fsp3) is 0.164. The molecular formula is C122H103BN4. The van der Waals surface area contributed by atoms with Crippen LogP contribution in [0.15, 0.2) is 352 Å². The summed E-state index contributed by atoms with van der Waals surface area (Å²) in [5.74, 6) is 0. The Bertz CT molecular complexity index is 7870. The van der Waals surface area contributed by atoms with Gasteiger partial charge in [-0.2, -0.15) is 0 Å². The van der Waals surface area contributed by atoms with E-state index in [4.69, 9.17) is 0 Å². The molecule has 21 aromatic rings. The quantitative estimate of drug-likeness (QED) is 0.154. The highest BCUT2D eigenvalue weighted by Gasteiger charge is 2.48. The van der Waals surface area contributed by atoms with Gasteiger partial charge in [-0.15, -0.1) is 0 Å². The van der Waals surface area contributed by atoms with Crippen LogP contribution in [-0.2, 0) is 27.1 Å². The fourth-order valence-corrected chi connectivity index (χ4v) is 21.6. The highest BCUT2D eigenvalue weighted by Crippen LogP contribution is 2.58. The van der Waals surface area contributed by atoms with Crippen molar-refractivity contribution in [3.63, 3.8) is 0 Å².